The number of hydrogen-bond donors (Lipinski definition) is 3. The van der Waals surface area contributed by atoms with E-state index >= 15 is 0 Å². The molecule has 6 heteroatoms. The first-order valence-electron chi connectivity index (χ1n) is 4.81. The van der Waals surface area contributed by atoms with Crippen molar-refractivity contribution < 1.29 is 4.74 Å². The largest absolute Gasteiger partial charge is 0.385 e. The molecule has 0 amide bonds. The van der Waals surface area contributed by atoms with Gasteiger partial charge in [0.1, 0.15) is 0 Å². The van der Waals surface area contributed by atoms with Crippen LogP contribution in [0.2, 0.25) is 0 Å². The molecule has 0 atom stereocenters. The van der Waals surface area contributed by atoms with Crippen LogP contribution in [0.5, 0.6) is 0 Å². The first-order chi connectivity index (χ1) is 7.33. The van der Waals surface area contributed by atoms with Crippen molar-refractivity contribution in [3.05, 3.63) is 18.0 Å². The lowest BCUT2D eigenvalue weighted by Crippen LogP contribution is -2.35. The van der Waals surface area contributed by atoms with E-state index in [-0.39, 0.29) is 0 Å². The summed E-state index contributed by atoms with van der Waals surface area (Å²) in [5, 5.41) is 13.4. The van der Waals surface area contributed by atoms with Gasteiger partial charge in [0.2, 0.25) is 0 Å². The third kappa shape index (κ3) is 5.34. The van der Waals surface area contributed by atoms with E-state index in [0.29, 0.717) is 11.7 Å². The molecule has 0 unspecified atom stereocenters. The lowest BCUT2D eigenvalue weighted by Gasteiger charge is -2.08. The summed E-state index contributed by atoms with van der Waals surface area (Å²) in [5.74, 6) is 0. The summed E-state index contributed by atoms with van der Waals surface area (Å²) in [7, 11) is 1.69. The molecule has 0 aliphatic carbocycles. The number of methoxy groups -OCH3 is 1. The molecule has 1 aromatic heterocycles. The van der Waals surface area contributed by atoms with Crippen LogP contribution in [0.25, 0.3) is 0 Å². The van der Waals surface area contributed by atoms with Gasteiger partial charge in [-0.25, -0.2) is 0 Å². The SMILES string of the molecule is COCCCNC(=S)NCc1cn[nH]c1. The molecular formula is C9H16N4OS. The van der Waals surface area contributed by atoms with Crippen LogP contribution in [0.3, 0.4) is 0 Å². The third-order valence-electron chi connectivity index (χ3n) is 1.82. The third-order valence-corrected chi connectivity index (χ3v) is 2.11. The Morgan fingerprint density at radius 3 is 3.13 bits per heavy atom. The molecular weight excluding hydrogens is 212 g/mol. The number of rotatable bonds is 6. The monoisotopic (exact) mass is 228 g/mol. The Balaban J connectivity index is 2.04. The van der Waals surface area contributed by atoms with Crippen molar-refractivity contribution in [2.24, 2.45) is 0 Å². The Kier molecular flexibility index (Phi) is 5.72. The van der Waals surface area contributed by atoms with Crippen LogP contribution in [0.1, 0.15) is 12.0 Å². The van der Waals surface area contributed by atoms with Crippen LogP contribution in [0.4, 0.5) is 0 Å². The van der Waals surface area contributed by atoms with Crippen LogP contribution in [-0.4, -0.2) is 35.6 Å². The second-order valence-corrected chi connectivity index (χ2v) is 3.47. The van der Waals surface area contributed by atoms with E-state index < -0.39 is 0 Å². The molecule has 0 aromatic carbocycles. The van der Waals surface area contributed by atoms with Gasteiger partial charge in [-0.15, -0.1) is 0 Å². The van der Waals surface area contributed by atoms with Crippen LogP contribution >= 0.6 is 12.2 Å². The lowest BCUT2D eigenvalue weighted by atomic mass is 10.4. The molecule has 0 radical (unpaired) electrons. The summed E-state index contributed by atoms with van der Waals surface area (Å²) in [6.07, 6.45) is 4.55. The van der Waals surface area contributed by atoms with Crippen molar-refractivity contribution in [1.29, 1.82) is 0 Å². The van der Waals surface area contributed by atoms with Gasteiger partial charge in [-0.1, -0.05) is 0 Å². The standard InChI is InChI=1S/C9H16N4OS/c1-14-4-2-3-10-9(15)11-5-8-6-12-13-7-8/h6-7H,2-5H2,1H3,(H,12,13)(H2,10,11,15). The normalized spacial score (nSPS) is 9.93. The number of aromatic amines is 1. The summed E-state index contributed by atoms with van der Waals surface area (Å²) in [6, 6.07) is 0. The Bertz CT molecular complexity index is 276. The highest BCUT2D eigenvalue weighted by molar-refractivity contribution is 7.80. The van der Waals surface area contributed by atoms with Gasteiger partial charge in [-0.05, 0) is 18.6 Å². The van der Waals surface area contributed by atoms with Crippen LogP contribution in [0.15, 0.2) is 12.4 Å². The van der Waals surface area contributed by atoms with E-state index in [0.717, 1.165) is 25.1 Å². The highest BCUT2D eigenvalue weighted by Gasteiger charge is 1.96. The molecule has 1 aromatic rings. The summed E-state index contributed by atoms with van der Waals surface area (Å²) < 4.78 is 4.93. The smallest absolute Gasteiger partial charge is 0.166 e. The highest BCUT2D eigenvalue weighted by atomic mass is 32.1. The van der Waals surface area contributed by atoms with Gasteiger partial charge in [-0.3, -0.25) is 5.10 Å². The number of H-pyrrole nitrogens is 1. The minimum atomic E-state index is 0.660. The summed E-state index contributed by atoms with van der Waals surface area (Å²) in [6.45, 7) is 2.26. The zero-order chi connectivity index (χ0) is 10.9. The van der Waals surface area contributed by atoms with Gasteiger partial charge >= 0.3 is 0 Å². The predicted octanol–water partition coefficient (Wildman–Crippen LogP) is 0.410. The lowest BCUT2D eigenvalue weighted by molar-refractivity contribution is 0.195. The number of thiocarbonyl (C=S) groups is 1. The van der Waals surface area contributed by atoms with Gasteiger partial charge in [0.05, 0.1) is 6.20 Å². The molecule has 1 rings (SSSR count). The molecule has 0 saturated carbocycles. The maximum Gasteiger partial charge on any atom is 0.166 e. The van der Waals surface area contributed by atoms with E-state index in [4.69, 9.17) is 17.0 Å². The average molecular weight is 228 g/mol. The summed E-state index contributed by atoms with van der Waals surface area (Å²) in [5.41, 5.74) is 1.08. The van der Waals surface area contributed by atoms with Crippen molar-refractivity contribution in [3.8, 4) is 0 Å². The molecule has 0 saturated heterocycles. The van der Waals surface area contributed by atoms with Gasteiger partial charge in [0.25, 0.3) is 0 Å². The van der Waals surface area contributed by atoms with Gasteiger partial charge in [0.15, 0.2) is 5.11 Å². The zero-order valence-electron chi connectivity index (χ0n) is 8.75. The number of nitrogens with zero attached hydrogens (tertiary/aromatic N) is 1. The molecule has 84 valence electrons. The van der Waals surface area contributed by atoms with Gasteiger partial charge < -0.3 is 15.4 Å². The molecule has 15 heavy (non-hydrogen) atoms. The molecule has 0 spiro atoms. The van der Waals surface area contributed by atoms with Gasteiger partial charge in [0, 0.05) is 38.6 Å². The molecule has 0 aliphatic rings. The molecule has 0 fully saturated rings. The minimum absolute atomic E-state index is 0.660. The van der Waals surface area contributed by atoms with Crippen molar-refractivity contribution in [2.75, 3.05) is 20.3 Å². The van der Waals surface area contributed by atoms with E-state index in [1.54, 1.807) is 13.3 Å². The number of hydrogen-bond acceptors (Lipinski definition) is 3. The van der Waals surface area contributed by atoms with Gasteiger partial charge in [-0.2, -0.15) is 5.10 Å². The average Bonchev–Trinajstić information content (AvgIpc) is 2.74. The summed E-state index contributed by atoms with van der Waals surface area (Å²) >= 11 is 5.08. The van der Waals surface area contributed by atoms with Crippen molar-refractivity contribution in [1.82, 2.24) is 20.8 Å². The molecule has 0 bridgehead atoms. The van der Waals surface area contributed by atoms with Crippen molar-refractivity contribution in [3.63, 3.8) is 0 Å². The van der Waals surface area contributed by atoms with Crippen LogP contribution < -0.4 is 10.6 Å². The second kappa shape index (κ2) is 7.19. The minimum Gasteiger partial charge on any atom is -0.385 e. The van der Waals surface area contributed by atoms with E-state index in [2.05, 4.69) is 20.8 Å². The Morgan fingerprint density at radius 2 is 2.47 bits per heavy atom. The van der Waals surface area contributed by atoms with Crippen molar-refractivity contribution >= 4 is 17.3 Å². The maximum atomic E-state index is 5.08. The van der Waals surface area contributed by atoms with E-state index in [9.17, 15) is 0 Å². The fraction of sp³-hybridized carbons (Fsp3) is 0.556. The highest BCUT2D eigenvalue weighted by Crippen LogP contribution is 1.91. The fourth-order valence-electron chi connectivity index (χ4n) is 1.04. The summed E-state index contributed by atoms with van der Waals surface area (Å²) in [4.78, 5) is 0. The van der Waals surface area contributed by atoms with Crippen LogP contribution in [-0.2, 0) is 11.3 Å². The molecule has 0 aliphatic heterocycles. The molecule has 1 heterocycles. The quantitative estimate of drug-likeness (QED) is 0.486. The molecule has 5 nitrogen and oxygen atoms in total. The van der Waals surface area contributed by atoms with Crippen molar-refractivity contribution in [2.45, 2.75) is 13.0 Å². The second-order valence-electron chi connectivity index (χ2n) is 3.06. The molecule has 3 N–H and O–H groups in total. The topological polar surface area (TPSA) is 62.0 Å². The van der Waals surface area contributed by atoms with E-state index in [1.165, 1.54) is 0 Å². The first-order valence-corrected chi connectivity index (χ1v) is 5.22. The Morgan fingerprint density at radius 1 is 1.60 bits per heavy atom. The first kappa shape index (κ1) is 11.9. The Hall–Kier alpha value is -1.14. The predicted molar refractivity (Wildman–Crippen MR) is 62.5 cm³/mol. The van der Waals surface area contributed by atoms with E-state index in [1.807, 2.05) is 6.20 Å². The number of ether oxygens (including phenoxy) is 1. The fourth-order valence-corrected chi connectivity index (χ4v) is 1.21. The Labute approximate surface area is 94.6 Å². The zero-order valence-corrected chi connectivity index (χ0v) is 9.56. The van der Waals surface area contributed by atoms with Crippen LogP contribution in [0, 0.1) is 0 Å². The number of aromatic nitrogens is 2. The number of nitrogens with one attached hydrogen (secondary N) is 3. The maximum absolute atomic E-state index is 5.08.